The summed E-state index contributed by atoms with van der Waals surface area (Å²) >= 11 is 0. The maximum Gasteiger partial charge on any atom is 0.257 e. The van der Waals surface area contributed by atoms with Gasteiger partial charge in [0.1, 0.15) is 5.75 Å². The van der Waals surface area contributed by atoms with Crippen molar-refractivity contribution in [1.29, 1.82) is 0 Å². The van der Waals surface area contributed by atoms with Crippen LogP contribution >= 0.6 is 0 Å². The van der Waals surface area contributed by atoms with Crippen molar-refractivity contribution >= 4 is 5.91 Å². The molecule has 1 aromatic carbocycles. The lowest BCUT2D eigenvalue weighted by molar-refractivity contribution is -0.123. The summed E-state index contributed by atoms with van der Waals surface area (Å²) in [5.74, 6) is 1.30. The number of carbonyl (C=O) groups excluding carboxylic acids is 1. The number of ether oxygens (including phenoxy) is 1. The molecule has 0 aliphatic heterocycles. The van der Waals surface area contributed by atoms with Crippen LogP contribution in [0.15, 0.2) is 24.3 Å². The molecule has 0 aliphatic rings. The third-order valence-corrected chi connectivity index (χ3v) is 2.72. The Morgan fingerprint density at radius 3 is 2.85 bits per heavy atom. The molecule has 1 aromatic rings. The first-order chi connectivity index (χ1) is 9.61. The van der Waals surface area contributed by atoms with E-state index in [-0.39, 0.29) is 12.5 Å². The number of amides is 1. The summed E-state index contributed by atoms with van der Waals surface area (Å²) in [6, 6.07) is 7.85. The van der Waals surface area contributed by atoms with Crippen LogP contribution in [0.1, 0.15) is 32.8 Å². The molecule has 0 heterocycles. The van der Waals surface area contributed by atoms with Gasteiger partial charge in [0.25, 0.3) is 5.91 Å². The molecule has 0 aliphatic carbocycles. The average Bonchev–Trinajstić information content (AvgIpc) is 2.43. The zero-order valence-electron chi connectivity index (χ0n) is 12.7. The number of hydrogen-bond acceptors (Lipinski definition) is 3. The predicted octanol–water partition coefficient (Wildman–Crippen LogP) is 2.34. The lowest BCUT2D eigenvalue weighted by Gasteiger charge is -2.10. The maximum atomic E-state index is 11.5. The lowest BCUT2D eigenvalue weighted by atomic mass is 10.2. The van der Waals surface area contributed by atoms with Crippen LogP contribution in [0, 0.1) is 5.92 Å². The van der Waals surface area contributed by atoms with Crippen LogP contribution in [0.4, 0.5) is 0 Å². The monoisotopic (exact) mass is 278 g/mol. The van der Waals surface area contributed by atoms with Crippen molar-refractivity contribution < 1.29 is 9.53 Å². The summed E-state index contributed by atoms with van der Waals surface area (Å²) in [5.41, 5.74) is 1.16. The number of rotatable bonds is 9. The summed E-state index contributed by atoms with van der Waals surface area (Å²) in [5, 5.41) is 6.17. The second-order valence-corrected chi connectivity index (χ2v) is 5.31. The molecule has 4 nitrogen and oxygen atoms in total. The first-order valence-electron chi connectivity index (χ1n) is 7.31. The van der Waals surface area contributed by atoms with E-state index < -0.39 is 0 Å². The van der Waals surface area contributed by atoms with E-state index in [0.717, 1.165) is 30.8 Å². The first kappa shape index (κ1) is 16.5. The lowest BCUT2D eigenvalue weighted by Crippen LogP contribution is -2.29. The number of benzene rings is 1. The summed E-state index contributed by atoms with van der Waals surface area (Å²) in [4.78, 5) is 11.5. The van der Waals surface area contributed by atoms with E-state index in [1.807, 2.05) is 25.1 Å². The Morgan fingerprint density at radius 2 is 2.15 bits per heavy atom. The second-order valence-electron chi connectivity index (χ2n) is 5.31. The van der Waals surface area contributed by atoms with Crippen LogP contribution in [0.2, 0.25) is 0 Å². The van der Waals surface area contributed by atoms with E-state index in [1.165, 1.54) is 0 Å². The largest absolute Gasteiger partial charge is 0.484 e. The van der Waals surface area contributed by atoms with Gasteiger partial charge in [-0.3, -0.25) is 4.79 Å². The zero-order valence-corrected chi connectivity index (χ0v) is 12.7. The average molecular weight is 278 g/mol. The van der Waals surface area contributed by atoms with Gasteiger partial charge in [0.05, 0.1) is 0 Å². The summed E-state index contributed by atoms with van der Waals surface area (Å²) in [6.07, 6.45) is 0.933. The summed E-state index contributed by atoms with van der Waals surface area (Å²) < 4.78 is 5.49. The molecule has 112 valence electrons. The van der Waals surface area contributed by atoms with E-state index in [4.69, 9.17) is 4.74 Å². The Hall–Kier alpha value is -1.55. The fourth-order valence-corrected chi connectivity index (χ4v) is 1.71. The molecule has 0 spiro atoms. The van der Waals surface area contributed by atoms with Crippen LogP contribution in [0.25, 0.3) is 0 Å². The minimum Gasteiger partial charge on any atom is -0.484 e. The van der Waals surface area contributed by atoms with Crippen LogP contribution in [-0.2, 0) is 11.3 Å². The maximum absolute atomic E-state index is 11.5. The van der Waals surface area contributed by atoms with Gasteiger partial charge in [0, 0.05) is 13.1 Å². The highest BCUT2D eigenvalue weighted by Gasteiger charge is 2.02. The molecule has 0 atom stereocenters. The van der Waals surface area contributed by atoms with Crippen LogP contribution < -0.4 is 15.4 Å². The number of carbonyl (C=O) groups is 1. The van der Waals surface area contributed by atoms with E-state index in [9.17, 15) is 4.79 Å². The molecule has 20 heavy (non-hydrogen) atoms. The molecular weight excluding hydrogens is 252 g/mol. The van der Waals surface area contributed by atoms with Crippen LogP contribution in [-0.4, -0.2) is 25.6 Å². The molecule has 0 aromatic heterocycles. The predicted molar refractivity (Wildman–Crippen MR) is 81.8 cm³/mol. The quantitative estimate of drug-likeness (QED) is 0.729. The molecule has 0 fully saturated rings. The molecule has 0 saturated heterocycles. The normalized spacial score (nSPS) is 10.6. The summed E-state index contributed by atoms with van der Waals surface area (Å²) in [7, 11) is 0. The standard InChI is InChI=1S/C16H26N2O2/c1-4-8-18-16(19)12-20-15-7-5-6-14(9-15)11-17-10-13(2)3/h5-7,9,13,17H,4,8,10-12H2,1-3H3,(H,18,19). The Bertz CT molecular complexity index is 405. The van der Waals surface area contributed by atoms with Crippen LogP contribution in [0.3, 0.4) is 0 Å². The highest BCUT2D eigenvalue weighted by molar-refractivity contribution is 5.77. The van der Waals surface area contributed by atoms with Gasteiger partial charge in [0.15, 0.2) is 6.61 Å². The fourth-order valence-electron chi connectivity index (χ4n) is 1.71. The van der Waals surface area contributed by atoms with Crippen molar-refractivity contribution in [3.05, 3.63) is 29.8 Å². The Kier molecular flexibility index (Phi) is 7.73. The van der Waals surface area contributed by atoms with Gasteiger partial charge >= 0.3 is 0 Å². The highest BCUT2D eigenvalue weighted by atomic mass is 16.5. The Balaban J connectivity index is 2.37. The van der Waals surface area contributed by atoms with E-state index in [1.54, 1.807) is 0 Å². The van der Waals surface area contributed by atoms with E-state index in [0.29, 0.717) is 12.5 Å². The molecular formula is C16H26N2O2. The zero-order chi connectivity index (χ0) is 14.8. The highest BCUT2D eigenvalue weighted by Crippen LogP contribution is 2.13. The van der Waals surface area contributed by atoms with E-state index in [2.05, 4.69) is 30.5 Å². The number of hydrogen-bond donors (Lipinski definition) is 2. The van der Waals surface area contributed by atoms with Crippen LogP contribution in [0.5, 0.6) is 5.75 Å². The second kappa shape index (κ2) is 9.37. The van der Waals surface area contributed by atoms with Crippen molar-refractivity contribution in [2.75, 3.05) is 19.7 Å². The fraction of sp³-hybridized carbons (Fsp3) is 0.562. The van der Waals surface area contributed by atoms with Crippen molar-refractivity contribution in [1.82, 2.24) is 10.6 Å². The topological polar surface area (TPSA) is 50.4 Å². The van der Waals surface area contributed by atoms with Gasteiger partial charge in [-0.1, -0.05) is 32.9 Å². The Morgan fingerprint density at radius 1 is 1.35 bits per heavy atom. The summed E-state index contributed by atoms with van der Waals surface area (Å²) in [6.45, 7) is 8.96. The van der Waals surface area contributed by atoms with Gasteiger partial charge in [-0.25, -0.2) is 0 Å². The molecule has 1 rings (SSSR count). The van der Waals surface area contributed by atoms with Crippen molar-refractivity contribution in [2.24, 2.45) is 5.92 Å². The van der Waals surface area contributed by atoms with Gasteiger partial charge in [0.2, 0.25) is 0 Å². The minimum atomic E-state index is -0.0739. The molecule has 0 unspecified atom stereocenters. The molecule has 0 saturated carbocycles. The molecule has 2 N–H and O–H groups in total. The first-order valence-corrected chi connectivity index (χ1v) is 7.31. The molecule has 0 radical (unpaired) electrons. The van der Waals surface area contributed by atoms with Gasteiger partial charge in [-0.15, -0.1) is 0 Å². The van der Waals surface area contributed by atoms with Gasteiger partial charge < -0.3 is 15.4 Å². The van der Waals surface area contributed by atoms with E-state index >= 15 is 0 Å². The molecule has 4 heteroatoms. The number of nitrogens with one attached hydrogen (secondary N) is 2. The third-order valence-electron chi connectivity index (χ3n) is 2.72. The minimum absolute atomic E-state index is 0.0723. The SMILES string of the molecule is CCCNC(=O)COc1cccc(CNCC(C)C)c1. The van der Waals surface area contributed by atoms with Crippen molar-refractivity contribution in [3.63, 3.8) is 0 Å². The molecule has 1 amide bonds. The smallest absolute Gasteiger partial charge is 0.257 e. The Labute approximate surface area is 121 Å². The third kappa shape index (κ3) is 7.14. The van der Waals surface area contributed by atoms with Gasteiger partial charge in [-0.2, -0.15) is 0 Å². The van der Waals surface area contributed by atoms with Crippen molar-refractivity contribution in [3.8, 4) is 5.75 Å². The van der Waals surface area contributed by atoms with Crippen molar-refractivity contribution in [2.45, 2.75) is 33.7 Å². The molecule has 0 bridgehead atoms. The van der Waals surface area contributed by atoms with Gasteiger partial charge in [-0.05, 0) is 36.6 Å².